The number of imide groups is 1. The SMILES string of the molecule is Cc1cccc(Cn2cc(/C=C3/SC(=O)N(CC(=O)O)C3=O)c3ccccc32)c1. The van der Waals surface area contributed by atoms with E-state index in [1.54, 1.807) is 6.08 Å². The Morgan fingerprint density at radius 3 is 2.69 bits per heavy atom. The zero-order valence-corrected chi connectivity index (χ0v) is 16.5. The van der Waals surface area contributed by atoms with Crippen LogP contribution in [0.25, 0.3) is 17.0 Å². The number of nitrogens with zero attached hydrogens (tertiary/aromatic N) is 2. The zero-order valence-electron chi connectivity index (χ0n) is 15.7. The number of carboxylic acids is 1. The lowest BCUT2D eigenvalue weighted by atomic mass is 10.1. The Balaban J connectivity index is 1.72. The Hall–Kier alpha value is -3.32. The number of carbonyl (C=O) groups excluding carboxylic acids is 2. The highest BCUT2D eigenvalue weighted by molar-refractivity contribution is 8.18. The Labute approximate surface area is 171 Å². The van der Waals surface area contributed by atoms with Crippen molar-refractivity contribution in [3.8, 4) is 0 Å². The van der Waals surface area contributed by atoms with Crippen LogP contribution in [-0.2, 0) is 16.1 Å². The van der Waals surface area contributed by atoms with Crippen molar-refractivity contribution in [1.29, 1.82) is 0 Å². The van der Waals surface area contributed by atoms with E-state index in [4.69, 9.17) is 5.11 Å². The average Bonchev–Trinajstić information content (AvgIpc) is 3.14. The van der Waals surface area contributed by atoms with Crippen molar-refractivity contribution in [2.75, 3.05) is 6.54 Å². The topological polar surface area (TPSA) is 79.6 Å². The van der Waals surface area contributed by atoms with Crippen molar-refractivity contribution >= 4 is 45.9 Å². The molecule has 0 radical (unpaired) electrons. The summed E-state index contributed by atoms with van der Waals surface area (Å²) in [5.41, 5.74) is 4.18. The summed E-state index contributed by atoms with van der Waals surface area (Å²) in [4.78, 5) is 36.4. The highest BCUT2D eigenvalue weighted by Gasteiger charge is 2.36. The minimum Gasteiger partial charge on any atom is -0.480 e. The highest BCUT2D eigenvalue weighted by atomic mass is 32.2. The van der Waals surface area contributed by atoms with E-state index in [-0.39, 0.29) is 4.91 Å². The lowest BCUT2D eigenvalue weighted by Crippen LogP contribution is -2.33. The van der Waals surface area contributed by atoms with Gasteiger partial charge in [-0.05, 0) is 36.4 Å². The molecule has 2 amide bonds. The second-order valence-electron chi connectivity index (χ2n) is 6.88. The maximum absolute atomic E-state index is 12.5. The van der Waals surface area contributed by atoms with E-state index in [1.807, 2.05) is 36.5 Å². The smallest absolute Gasteiger partial charge is 0.323 e. The number of benzene rings is 2. The molecule has 2 aromatic carbocycles. The summed E-state index contributed by atoms with van der Waals surface area (Å²) in [6, 6.07) is 16.1. The molecule has 1 saturated heterocycles. The fourth-order valence-electron chi connectivity index (χ4n) is 3.44. The van der Waals surface area contributed by atoms with Gasteiger partial charge in [-0.1, -0.05) is 48.0 Å². The van der Waals surface area contributed by atoms with Gasteiger partial charge in [-0.2, -0.15) is 0 Å². The predicted molar refractivity (Wildman–Crippen MR) is 113 cm³/mol. The molecule has 29 heavy (non-hydrogen) atoms. The quantitative estimate of drug-likeness (QED) is 0.645. The summed E-state index contributed by atoms with van der Waals surface area (Å²) >= 11 is 0.768. The number of carboxylic acid groups (broad SMARTS) is 1. The third-order valence-corrected chi connectivity index (χ3v) is 5.62. The van der Waals surface area contributed by atoms with Crippen LogP contribution in [0.15, 0.2) is 59.6 Å². The molecule has 2 heterocycles. The van der Waals surface area contributed by atoms with Gasteiger partial charge in [0.15, 0.2) is 0 Å². The zero-order chi connectivity index (χ0) is 20.5. The van der Waals surface area contributed by atoms with Crippen LogP contribution in [0, 0.1) is 6.92 Å². The number of hydrogen-bond donors (Lipinski definition) is 1. The third-order valence-electron chi connectivity index (χ3n) is 4.71. The molecular formula is C22H18N2O4S. The second-order valence-corrected chi connectivity index (χ2v) is 7.87. The van der Waals surface area contributed by atoms with Crippen LogP contribution in [0.5, 0.6) is 0 Å². The minimum absolute atomic E-state index is 0.231. The molecular weight excluding hydrogens is 388 g/mol. The van der Waals surface area contributed by atoms with Gasteiger partial charge in [0, 0.05) is 29.2 Å². The summed E-state index contributed by atoms with van der Waals surface area (Å²) in [7, 11) is 0. The van der Waals surface area contributed by atoms with E-state index in [2.05, 4.69) is 29.7 Å². The predicted octanol–water partition coefficient (Wildman–Crippen LogP) is 4.12. The molecule has 0 aliphatic carbocycles. The molecule has 1 N–H and O–H groups in total. The first-order chi connectivity index (χ1) is 13.9. The first kappa shape index (κ1) is 19.0. The van der Waals surface area contributed by atoms with Crippen molar-refractivity contribution < 1.29 is 19.5 Å². The van der Waals surface area contributed by atoms with Gasteiger partial charge in [-0.25, -0.2) is 0 Å². The molecule has 6 nitrogen and oxygen atoms in total. The Bertz CT molecular complexity index is 1180. The molecule has 0 spiro atoms. The second kappa shape index (κ2) is 7.60. The first-order valence-electron chi connectivity index (χ1n) is 9.03. The Morgan fingerprint density at radius 2 is 1.93 bits per heavy atom. The van der Waals surface area contributed by atoms with E-state index < -0.39 is 23.7 Å². The Morgan fingerprint density at radius 1 is 1.14 bits per heavy atom. The van der Waals surface area contributed by atoms with Gasteiger partial charge >= 0.3 is 5.97 Å². The molecule has 7 heteroatoms. The molecule has 4 rings (SSSR count). The van der Waals surface area contributed by atoms with E-state index in [0.29, 0.717) is 6.54 Å². The molecule has 3 aromatic rings. The number of aliphatic carboxylic acids is 1. The fourth-order valence-corrected chi connectivity index (χ4v) is 4.27. The maximum Gasteiger partial charge on any atom is 0.323 e. The van der Waals surface area contributed by atoms with Gasteiger partial charge in [0.1, 0.15) is 6.54 Å². The van der Waals surface area contributed by atoms with Crippen molar-refractivity contribution in [1.82, 2.24) is 9.47 Å². The monoisotopic (exact) mass is 406 g/mol. The van der Waals surface area contributed by atoms with Crippen LogP contribution < -0.4 is 0 Å². The van der Waals surface area contributed by atoms with Crippen molar-refractivity contribution in [2.45, 2.75) is 13.5 Å². The molecule has 1 aliphatic rings. The number of amides is 2. The molecule has 1 aliphatic heterocycles. The Kier molecular flexibility index (Phi) is 4.98. The minimum atomic E-state index is -1.22. The summed E-state index contributed by atoms with van der Waals surface area (Å²) in [5, 5.41) is 9.31. The number of aromatic nitrogens is 1. The van der Waals surface area contributed by atoms with Gasteiger partial charge in [-0.15, -0.1) is 0 Å². The van der Waals surface area contributed by atoms with E-state index in [0.717, 1.165) is 33.1 Å². The third kappa shape index (κ3) is 3.82. The lowest BCUT2D eigenvalue weighted by Gasteiger charge is -2.07. The van der Waals surface area contributed by atoms with Crippen LogP contribution in [0.2, 0.25) is 0 Å². The molecule has 0 unspecified atom stereocenters. The molecule has 1 aromatic heterocycles. The van der Waals surface area contributed by atoms with Crippen molar-refractivity contribution in [3.63, 3.8) is 0 Å². The number of hydrogen-bond acceptors (Lipinski definition) is 4. The number of para-hydroxylation sites is 1. The van der Waals surface area contributed by atoms with E-state index in [9.17, 15) is 14.4 Å². The molecule has 0 bridgehead atoms. The summed E-state index contributed by atoms with van der Waals surface area (Å²) in [5.74, 6) is -1.79. The number of carbonyl (C=O) groups is 3. The molecule has 1 fully saturated rings. The fraction of sp³-hybridized carbons (Fsp3) is 0.136. The van der Waals surface area contributed by atoms with Crippen LogP contribution >= 0.6 is 11.8 Å². The van der Waals surface area contributed by atoms with Crippen LogP contribution in [0.4, 0.5) is 4.79 Å². The van der Waals surface area contributed by atoms with Gasteiger partial charge in [0.2, 0.25) is 0 Å². The summed E-state index contributed by atoms with van der Waals surface area (Å²) < 4.78 is 2.11. The molecule has 0 atom stereocenters. The molecule has 146 valence electrons. The largest absolute Gasteiger partial charge is 0.480 e. The number of fused-ring (bicyclic) bond motifs is 1. The van der Waals surface area contributed by atoms with Gasteiger partial charge in [-0.3, -0.25) is 19.3 Å². The van der Waals surface area contributed by atoms with Crippen LogP contribution in [0.3, 0.4) is 0 Å². The lowest BCUT2D eigenvalue weighted by molar-refractivity contribution is -0.140. The number of thioether (sulfide) groups is 1. The maximum atomic E-state index is 12.5. The van der Waals surface area contributed by atoms with Crippen LogP contribution in [0.1, 0.15) is 16.7 Å². The normalized spacial score (nSPS) is 15.6. The van der Waals surface area contributed by atoms with Crippen LogP contribution in [-0.4, -0.2) is 38.2 Å². The summed E-state index contributed by atoms with van der Waals surface area (Å²) in [6.07, 6.45) is 3.62. The van der Waals surface area contributed by atoms with Gasteiger partial charge < -0.3 is 9.67 Å². The number of rotatable bonds is 5. The van der Waals surface area contributed by atoms with Crippen molar-refractivity contribution in [2.24, 2.45) is 0 Å². The van der Waals surface area contributed by atoms with E-state index in [1.165, 1.54) is 11.1 Å². The average molecular weight is 406 g/mol. The first-order valence-corrected chi connectivity index (χ1v) is 9.84. The number of aryl methyl sites for hydroxylation is 1. The summed E-state index contributed by atoms with van der Waals surface area (Å²) in [6.45, 7) is 2.10. The highest BCUT2D eigenvalue weighted by Crippen LogP contribution is 2.34. The van der Waals surface area contributed by atoms with Gasteiger partial charge in [0.05, 0.1) is 4.91 Å². The van der Waals surface area contributed by atoms with E-state index >= 15 is 0 Å². The standard InChI is InChI=1S/C22H18N2O4S/c1-14-5-4-6-15(9-14)11-23-12-16(17-7-2-3-8-18(17)23)10-19-21(27)24(13-20(25)26)22(28)29-19/h2-10,12H,11,13H2,1H3,(H,25,26)/b19-10+. The van der Waals surface area contributed by atoms with Crippen molar-refractivity contribution in [3.05, 3.63) is 76.3 Å². The van der Waals surface area contributed by atoms with Gasteiger partial charge in [0.25, 0.3) is 11.1 Å². The molecule has 0 saturated carbocycles.